The van der Waals surface area contributed by atoms with E-state index in [4.69, 9.17) is 17.3 Å². The number of halogens is 1. The molecule has 2 aromatic rings. The van der Waals surface area contributed by atoms with Gasteiger partial charge in [-0.25, -0.2) is 4.98 Å². The molecule has 20 heavy (non-hydrogen) atoms. The molecule has 2 rings (SSSR count). The maximum Gasteiger partial charge on any atom is 0.250 e. The van der Waals surface area contributed by atoms with E-state index in [-0.39, 0.29) is 17.9 Å². The molecule has 0 atom stereocenters. The monoisotopic (exact) mass is 292 g/mol. The summed E-state index contributed by atoms with van der Waals surface area (Å²) in [5, 5.41) is 2.91. The molecule has 0 radical (unpaired) electrons. The molecular formula is C13H13ClN4O2. The van der Waals surface area contributed by atoms with Crippen LogP contribution in [0.2, 0.25) is 5.02 Å². The quantitative estimate of drug-likeness (QED) is 0.782. The van der Waals surface area contributed by atoms with Crippen LogP contribution >= 0.6 is 11.6 Å². The van der Waals surface area contributed by atoms with E-state index >= 15 is 0 Å². The SMILES string of the molecule is NC(=O)c1cccc(CCC(=O)Nc2ncc[nH]2)c1Cl. The van der Waals surface area contributed by atoms with Gasteiger partial charge in [-0.05, 0) is 18.1 Å². The highest BCUT2D eigenvalue weighted by atomic mass is 35.5. The third kappa shape index (κ3) is 3.36. The fraction of sp³-hybridized carbons (Fsp3) is 0.154. The van der Waals surface area contributed by atoms with Gasteiger partial charge < -0.3 is 10.7 Å². The lowest BCUT2D eigenvalue weighted by atomic mass is 10.1. The van der Waals surface area contributed by atoms with Gasteiger partial charge in [0.15, 0.2) is 0 Å². The van der Waals surface area contributed by atoms with Gasteiger partial charge in [0, 0.05) is 18.8 Å². The predicted octanol–water partition coefficient (Wildman–Crippen LogP) is 1.73. The maximum absolute atomic E-state index is 11.7. The molecule has 0 aliphatic carbocycles. The summed E-state index contributed by atoms with van der Waals surface area (Å²) in [7, 11) is 0. The molecule has 104 valence electrons. The molecule has 0 bridgehead atoms. The standard InChI is InChI=1S/C13H13ClN4O2/c14-11-8(2-1-3-9(11)12(15)20)4-5-10(19)18-13-16-6-7-17-13/h1-3,6-7H,4-5H2,(H2,15,20)(H2,16,17,18,19). The number of nitrogens with two attached hydrogens (primary N) is 1. The van der Waals surface area contributed by atoms with E-state index in [1.54, 1.807) is 30.6 Å². The zero-order valence-electron chi connectivity index (χ0n) is 10.5. The molecule has 7 heteroatoms. The molecule has 1 heterocycles. The number of hydrogen-bond donors (Lipinski definition) is 3. The van der Waals surface area contributed by atoms with Crippen molar-refractivity contribution < 1.29 is 9.59 Å². The zero-order valence-corrected chi connectivity index (χ0v) is 11.3. The molecule has 1 aromatic heterocycles. The van der Waals surface area contributed by atoms with E-state index in [0.29, 0.717) is 23.0 Å². The van der Waals surface area contributed by atoms with Crippen molar-refractivity contribution in [2.75, 3.05) is 5.32 Å². The number of aromatic amines is 1. The second-order valence-electron chi connectivity index (χ2n) is 4.13. The highest BCUT2D eigenvalue weighted by Crippen LogP contribution is 2.22. The van der Waals surface area contributed by atoms with Crippen molar-refractivity contribution in [2.45, 2.75) is 12.8 Å². The Labute approximate surface area is 120 Å². The van der Waals surface area contributed by atoms with E-state index in [2.05, 4.69) is 15.3 Å². The van der Waals surface area contributed by atoms with Crippen LogP contribution in [0.15, 0.2) is 30.6 Å². The summed E-state index contributed by atoms with van der Waals surface area (Å²) >= 11 is 6.08. The van der Waals surface area contributed by atoms with Gasteiger partial charge in [0.25, 0.3) is 0 Å². The van der Waals surface area contributed by atoms with Gasteiger partial charge >= 0.3 is 0 Å². The fourth-order valence-electron chi connectivity index (χ4n) is 1.74. The van der Waals surface area contributed by atoms with Gasteiger partial charge in [0.2, 0.25) is 17.8 Å². The average Bonchev–Trinajstić information content (AvgIpc) is 2.90. The van der Waals surface area contributed by atoms with Crippen molar-refractivity contribution in [3.8, 4) is 0 Å². The van der Waals surface area contributed by atoms with Crippen LogP contribution < -0.4 is 11.1 Å². The molecule has 0 fully saturated rings. The number of imidazole rings is 1. The summed E-state index contributed by atoms with van der Waals surface area (Å²) in [5.41, 5.74) is 6.18. The number of primary amides is 1. The van der Waals surface area contributed by atoms with E-state index in [9.17, 15) is 9.59 Å². The minimum Gasteiger partial charge on any atom is -0.366 e. The van der Waals surface area contributed by atoms with Gasteiger partial charge in [-0.3, -0.25) is 14.9 Å². The summed E-state index contributed by atoms with van der Waals surface area (Å²) < 4.78 is 0. The molecule has 0 aliphatic heterocycles. The Balaban J connectivity index is 1.99. The van der Waals surface area contributed by atoms with Crippen LogP contribution in [0.4, 0.5) is 5.95 Å². The van der Waals surface area contributed by atoms with E-state index in [1.807, 2.05) is 0 Å². The van der Waals surface area contributed by atoms with Crippen molar-refractivity contribution in [3.05, 3.63) is 46.7 Å². The normalized spacial score (nSPS) is 10.2. The van der Waals surface area contributed by atoms with Crippen LogP contribution in [-0.2, 0) is 11.2 Å². The smallest absolute Gasteiger partial charge is 0.250 e. The molecule has 0 saturated carbocycles. The van der Waals surface area contributed by atoms with Gasteiger partial charge in [0.1, 0.15) is 0 Å². The van der Waals surface area contributed by atoms with Crippen molar-refractivity contribution in [1.82, 2.24) is 9.97 Å². The molecule has 1 aromatic carbocycles. The van der Waals surface area contributed by atoms with Crippen LogP contribution in [0, 0.1) is 0 Å². The summed E-state index contributed by atoms with van der Waals surface area (Å²) in [6.45, 7) is 0. The number of carbonyl (C=O) groups is 2. The highest BCUT2D eigenvalue weighted by Gasteiger charge is 2.12. The largest absolute Gasteiger partial charge is 0.366 e. The van der Waals surface area contributed by atoms with Crippen molar-refractivity contribution >= 4 is 29.4 Å². The molecule has 2 amide bonds. The first-order chi connectivity index (χ1) is 9.58. The second-order valence-corrected chi connectivity index (χ2v) is 4.51. The number of rotatable bonds is 5. The summed E-state index contributed by atoms with van der Waals surface area (Å²) in [6.07, 6.45) is 3.79. The van der Waals surface area contributed by atoms with Gasteiger partial charge in [-0.2, -0.15) is 0 Å². The first-order valence-corrected chi connectivity index (χ1v) is 6.32. The average molecular weight is 293 g/mol. The van der Waals surface area contributed by atoms with Crippen LogP contribution in [0.5, 0.6) is 0 Å². The molecule has 0 saturated heterocycles. The Morgan fingerprint density at radius 1 is 1.40 bits per heavy atom. The Kier molecular flexibility index (Phi) is 4.37. The fourth-order valence-corrected chi connectivity index (χ4v) is 2.05. The maximum atomic E-state index is 11.7. The zero-order chi connectivity index (χ0) is 14.5. The predicted molar refractivity (Wildman–Crippen MR) is 75.5 cm³/mol. The number of amides is 2. The molecule has 0 unspecified atom stereocenters. The second kappa shape index (κ2) is 6.21. The lowest BCUT2D eigenvalue weighted by molar-refractivity contribution is -0.116. The third-order valence-corrected chi connectivity index (χ3v) is 3.17. The summed E-state index contributed by atoms with van der Waals surface area (Å²) in [5.74, 6) is -0.385. The number of carbonyl (C=O) groups excluding carboxylic acids is 2. The highest BCUT2D eigenvalue weighted by molar-refractivity contribution is 6.34. The Bertz CT molecular complexity index is 625. The van der Waals surface area contributed by atoms with E-state index < -0.39 is 5.91 Å². The minimum absolute atomic E-state index is 0.194. The van der Waals surface area contributed by atoms with Crippen molar-refractivity contribution in [1.29, 1.82) is 0 Å². The first-order valence-electron chi connectivity index (χ1n) is 5.94. The number of nitrogens with zero attached hydrogens (tertiary/aromatic N) is 1. The minimum atomic E-state index is -0.586. The topological polar surface area (TPSA) is 101 Å². The first kappa shape index (κ1) is 14.1. The number of benzene rings is 1. The summed E-state index contributed by atoms with van der Waals surface area (Å²) in [4.78, 5) is 29.5. The Morgan fingerprint density at radius 3 is 2.85 bits per heavy atom. The molecule has 0 aliphatic rings. The molecule has 0 spiro atoms. The number of aromatic nitrogens is 2. The van der Waals surface area contributed by atoms with Crippen molar-refractivity contribution in [2.24, 2.45) is 5.73 Å². The van der Waals surface area contributed by atoms with Crippen molar-refractivity contribution in [3.63, 3.8) is 0 Å². The number of hydrogen-bond acceptors (Lipinski definition) is 3. The van der Waals surface area contributed by atoms with Gasteiger partial charge in [0.05, 0.1) is 10.6 Å². The van der Waals surface area contributed by atoms with Crippen LogP contribution in [0.1, 0.15) is 22.3 Å². The van der Waals surface area contributed by atoms with Crippen LogP contribution in [0.25, 0.3) is 0 Å². The van der Waals surface area contributed by atoms with Gasteiger partial charge in [-0.1, -0.05) is 23.7 Å². The number of anilines is 1. The Morgan fingerprint density at radius 2 is 2.20 bits per heavy atom. The summed E-state index contributed by atoms with van der Waals surface area (Å²) in [6, 6.07) is 5.00. The molecular weight excluding hydrogens is 280 g/mol. The molecule has 6 nitrogen and oxygen atoms in total. The lowest BCUT2D eigenvalue weighted by Crippen LogP contribution is -2.15. The lowest BCUT2D eigenvalue weighted by Gasteiger charge is -2.07. The van der Waals surface area contributed by atoms with Crippen LogP contribution in [0.3, 0.4) is 0 Å². The number of nitrogens with one attached hydrogen (secondary N) is 2. The van der Waals surface area contributed by atoms with Crippen LogP contribution in [-0.4, -0.2) is 21.8 Å². The van der Waals surface area contributed by atoms with E-state index in [1.165, 1.54) is 0 Å². The Hall–Kier alpha value is -2.34. The van der Waals surface area contributed by atoms with Gasteiger partial charge in [-0.15, -0.1) is 0 Å². The molecule has 4 N–H and O–H groups in total. The third-order valence-electron chi connectivity index (χ3n) is 2.72. The van der Waals surface area contributed by atoms with E-state index in [0.717, 1.165) is 0 Å². The number of aryl methyl sites for hydroxylation is 1. The number of H-pyrrole nitrogens is 1.